The van der Waals surface area contributed by atoms with Crippen molar-refractivity contribution in [3.8, 4) is 0 Å². The Balaban J connectivity index is 4.17. The van der Waals surface area contributed by atoms with Gasteiger partial charge in [-0.05, 0) is 5.57 Å². The van der Waals surface area contributed by atoms with Crippen molar-refractivity contribution in [3.05, 3.63) is 61.5 Å². The average molecular weight is 190 g/mol. The summed E-state index contributed by atoms with van der Waals surface area (Å²) in [6.45, 7) is 11.8. The Bertz CT molecular complexity index is 259. The van der Waals surface area contributed by atoms with E-state index in [2.05, 4.69) is 30.4 Å². The van der Waals surface area contributed by atoms with Crippen LogP contribution in [0, 0.1) is 0 Å². The molecule has 0 aliphatic heterocycles. The highest BCUT2D eigenvalue weighted by molar-refractivity contribution is 5.26. The van der Waals surface area contributed by atoms with Crippen LogP contribution in [0.5, 0.6) is 0 Å². The molecule has 2 N–H and O–H groups in total. The van der Waals surface area contributed by atoms with Gasteiger partial charge in [-0.15, -0.1) is 0 Å². The van der Waals surface area contributed by atoms with Crippen molar-refractivity contribution in [1.82, 2.24) is 10.6 Å². The smallest absolute Gasteiger partial charge is 0.0912 e. The summed E-state index contributed by atoms with van der Waals surface area (Å²) < 4.78 is 0. The Labute approximate surface area is 86.4 Å². The predicted octanol–water partition coefficient (Wildman–Crippen LogP) is 2.12. The zero-order valence-electron chi connectivity index (χ0n) is 8.72. The third-order valence-electron chi connectivity index (χ3n) is 1.59. The van der Waals surface area contributed by atoms with Crippen LogP contribution in [0.1, 0.15) is 0 Å². The maximum Gasteiger partial charge on any atom is 0.0912 e. The number of allylic oxidation sites excluding steroid dienone is 4. The minimum Gasteiger partial charge on any atom is -0.375 e. The van der Waals surface area contributed by atoms with E-state index in [-0.39, 0.29) is 0 Å². The van der Waals surface area contributed by atoms with Crippen LogP contribution in [-0.2, 0) is 0 Å². The van der Waals surface area contributed by atoms with E-state index in [0.717, 1.165) is 17.9 Å². The van der Waals surface area contributed by atoms with Crippen molar-refractivity contribution in [1.29, 1.82) is 0 Å². The molecular formula is C12H18N2. The molecule has 0 saturated carbocycles. The normalized spacial score (nSPS) is 11.1. The molecule has 14 heavy (non-hydrogen) atoms. The van der Waals surface area contributed by atoms with E-state index in [1.165, 1.54) is 0 Å². The molecule has 0 saturated heterocycles. The minimum atomic E-state index is 0.718. The van der Waals surface area contributed by atoms with Crippen LogP contribution in [-0.4, -0.2) is 13.6 Å². The lowest BCUT2D eigenvalue weighted by Crippen LogP contribution is -2.23. The molecule has 0 aromatic rings. The summed E-state index contributed by atoms with van der Waals surface area (Å²) in [4.78, 5) is 0. The van der Waals surface area contributed by atoms with E-state index < -0.39 is 0 Å². The number of nitrogens with one attached hydrogen (secondary N) is 2. The standard InChI is InChI=1S/C12H18N2/c1-5-7-9-12(8-6-2)10-14-11(3)13-4/h5-9,13-14H,1-3,10H2,4H3/b9-7-,12-8+. The molecule has 0 aromatic heterocycles. The summed E-state index contributed by atoms with van der Waals surface area (Å²) in [7, 11) is 1.83. The lowest BCUT2D eigenvalue weighted by molar-refractivity contribution is 0.789. The van der Waals surface area contributed by atoms with E-state index in [4.69, 9.17) is 0 Å². The first-order chi connectivity index (χ1) is 6.74. The maximum absolute atomic E-state index is 3.77. The van der Waals surface area contributed by atoms with E-state index in [1.54, 1.807) is 12.2 Å². The summed E-state index contributed by atoms with van der Waals surface area (Å²) in [5, 5.41) is 6.03. The molecule has 0 atom stereocenters. The molecule has 0 aliphatic carbocycles. The van der Waals surface area contributed by atoms with E-state index >= 15 is 0 Å². The van der Waals surface area contributed by atoms with Crippen LogP contribution in [0.25, 0.3) is 0 Å². The van der Waals surface area contributed by atoms with Gasteiger partial charge in [0, 0.05) is 13.6 Å². The van der Waals surface area contributed by atoms with Crippen molar-refractivity contribution >= 4 is 0 Å². The molecule has 0 heterocycles. The fourth-order valence-corrected chi connectivity index (χ4v) is 0.814. The van der Waals surface area contributed by atoms with Crippen LogP contribution in [0.4, 0.5) is 0 Å². The second-order valence-corrected chi connectivity index (χ2v) is 2.65. The highest BCUT2D eigenvalue weighted by Crippen LogP contribution is 1.96. The number of rotatable bonds is 7. The molecule has 0 amide bonds. The predicted molar refractivity (Wildman–Crippen MR) is 63.8 cm³/mol. The molecule has 0 rings (SSSR count). The van der Waals surface area contributed by atoms with Gasteiger partial charge >= 0.3 is 0 Å². The van der Waals surface area contributed by atoms with Gasteiger partial charge in [0.25, 0.3) is 0 Å². The maximum atomic E-state index is 3.77. The average Bonchev–Trinajstić information content (AvgIpc) is 2.21. The fourth-order valence-electron chi connectivity index (χ4n) is 0.814. The van der Waals surface area contributed by atoms with Crippen LogP contribution in [0.15, 0.2) is 61.5 Å². The second kappa shape index (κ2) is 7.92. The first-order valence-electron chi connectivity index (χ1n) is 4.45. The lowest BCUT2D eigenvalue weighted by atomic mass is 10.2. The first kappa shape index (κ1) is 12.3. The Kier molecular flexibility index (Phi) is 6.96. The second-order valence-electron chi connectivity index (χ2n) is 2.65. The minimum absolute atomic E-state index is 0.718. The highest BCUT2D eigenvalue weighted by Gasteiger charge is 1.91. The summed E-state index contributed by atoms with van der Waals surface area (Å²) in [6.07, 6.45) is 9.30. The lowest BCUT2D eigenvalue weighted by Gasteiger charge is -2.08. The highest BCUT2D eigenvalue weighted by atomic mass is 15.1. The van der Waals surface area contributed by atoms with Gasteiger partial charge in [-0.2, -0.15) is 0 Å². The summed E-state index contributed by atoms with van der Waals surface area (Å²) in [5.41, 5.74) is 1.12. The van der Waals surface area contributed by atoms with Gasteiger partial charge in [-0.3, -0.25) is 0 Å². The van der Waals surface area contributed by atoms with Crippen LogP contribution in [0.2, 0.25) is 0 Å². The van der Waals surface area contributed by atoms with Crippen molar-refractivity contribution < 1.29 is 0 Å². The largest absolute Gasteiger partial charge is 0.375 e. The molecule has 0 spiro atoms. The van der Waals surface area contributed by atoms with Crippen molar-refractivity contribution in [2.45, 2.75) is 0 Å². The summed E-state index contributed by atoms with van der Waals surface area (Å²) in [6, 6.07) is 0. The van der Waals surface area contributed by atoms with Gasteiger partial charge in [-0.1, -0.05) is 50.1 Å². The third kappa shape index (κ3) is 5.89. The van der Waals surface area contributed by atoms with E-state index in [0.29, 0.717) is 0 Å². The quantitative estimate of drug-likeness (QED) is 0.601. The van der Waals surface area contributed by atoms with Gasteiger partial charge in [0.1, 0.15) is 0 Å². The van der Waals surface area contributed by atoms with Gasteiger partial charge in [-0.25, -0.2) is 0 Å². The zero-order valence-corrected chi connectivity index (χ0v) is 8.72. The van der Waals surface area contributed by atoms with Crippen LogP contribution >= 0.6 is 0 Å². The molecular weight excluding hydrogens is 172 g/mol. The SMILES string of the molecule is C=C/C=C\C(=C/C=C)CNC(=C)NC. The summed E-state index contributed by atoms with van der Waals surface area (Å²) >= 11 is 0. The molecule has 0 aliphatic rings. The molecule has 0 fully saturated rings. The molecule has 2 nitrogen and oxygen atoms in total. The molecule has 0 radical (unpaired) electrons. The Morgan fingerprint density at radius 3 is 2.50 bits per heavy atom. The molecule has 0 bridgehead atoms. The number of hydrogen-bond acceptors (Lipinski definition) is 2. The topological polar surface area (TPSA) is 24.1 Å². The zero-order chi connectivity index (χ0) is 10.8. The van der Waals surface area contributed by atoms with Gasteiger partial charge in [0.2, 0.25) is 0 Å². The summed E-state index contributed by atoms with van der Waals surface area (Å²) in [5.74, 6) is 0.798. The Morgan fingerprint density at radius 2 is 2.00 bits per heavy atom. The monoisotopic (exact) mass is 190 g/mol. The van der Waals surface area contributed by atoms with Crippen molar-refractivity contribution in [3.63, 3.8) is 0 Å². The van der Waals surface area contributed by atoms with Crippen molar-refractivity contribution in [2.75, 3.05) is 13.6 Å². The Hall–Kier alpha value is -1.70. The molecule has 76 valence electrons. The molecule has 2 heteroatoms. The van der Waals surface area contributed by atoms with Gasteiger partial charge in [0.05, 0.1) is 5.82 Å². The van der Waals surface area contributed by atoms with Gasteiger partial charge in [0.15, 0.2) is 0 Å². The third-order valence-corrected chi connectivity index (χ3v) is 1.59. The van der Waals surface area contributed by atoms with Gasteiger partial charge < -0.3 is 10.6 Å². The Morgan fingerprint density at radius 1 is 1.29 bits per heavy atom. The molecule has 0 aromatic carbocycles. The number of hydrogen-bond donors (Lipinski definition) is 2. The van der Waals surface area contributed by atoms with Crippen LogP contribution in [0.3, 0.4) is 0 Å². The first-order valence-corrected chi connectivity index (χ1v) is 4.45. The fraction of sp³-hybridized carbons (Fsp3) is 0.167. The molecule has 0 unspecified atom stereocenters. The van der Waals surface area contributed by atoms with Crippen LogP contribution < -0.4 is 10.6 Å². The van der Waals surface area contributed by atoms with E-state index in [9.17, 15) is 0 Å². The van der Waals surface area contributed by atoms with Crippen molar-refractivity contribution in [2.24, 2.45) is 0 Å². The van der Waals surface area contributed by atoms with E-state index in [1.807, 2.05) is 25.3 Å².